The Hall–Kier alpha value is -2.08. The molecule has 0 unspecified atom stereocenters. The number of carbonyl (C=O) groups excluding carboxylic acids is 1. The zero-order chi connectivity index (χ0) is 17.0. The number of aromatic carboxylic acids is 1. The second-order valence-corrected chi connectivity index (χ2v) is 6.51. The van der Waals surface area contributed by atoms with Crippen LogP contribution in [-0.2, 0) is 9.47 Å². The molecule has 1 aliphatic rings. The summed E-state index contributed by atoms with van der Waals surface area (Å²) in [4.78, 5) is 25.1. The molecule has 2 rings (SSSR count). The third-order valence-corrected chi connectivity index (χ3v) is 3.53. The summed E-state index contributed by atoms with van der Waals surface area (Å²) in [5.41, 5.74) is 0.341. The molecule has 0 saturated carbocycles. The zero-order valence-electron chi connectivity index (χ0n) is 13.7. The molecule has 1 N–H and O–H groups in total. The van der Waals surface area contributed by atoms with Crippen LogP contribution >= 0.6 is 0 Å². The van der Waals surface area contributed by atoms with Crippen LogP contribution in [0.4, 0.5) is 4.79 Å². The molecule has 1 heterocycles. The Balaban J connectivity index is 2.07. The first-order chi connectivity index (χ1) is 10.8. The van der Waals surface area contributed by atoms with E-state index in [-0.39, 0.29) is 17.8 Å². The maximum atomic E-state index is 12.1. The Morgan fingerprint density at radius 2 is 1.96 bits per heavy atom. The van der Waals surface area contributed by atoms with Gasteiger partial charge in [-0.1, -0.05) is 18.2 Å². The third-order valence-electron chi connectivity index (χ3n) is 3.53. The average Bonchev–Trinajstić information content (AvgIpc) is 2.71. The summed E-state index contributed by atoms with van der Waals surface area (Å²) in [5, 5.41) is 9.29. The Labute approximate surface area is 136 Å². The minimum Gasteiger partial charge on any atom is -0.478 e. The molecule has 1 aromatic rings. The van der Waals surface area contributed by atoms with Gasteiger partial charge in [-0.05, 0) is 38.8 Å². The molecule has 1 aliphatic heterocycles. The van der Waals surface area contributed by atoms with Crippen molar-refractivity contribution in [2.24, 2.45) is 0 Å². The van der Waals surface area contributed by atoms with Gasteiger partial charge in [-0.2, -0.15) is 0 Å². The second-order valence-electron chi connectivity index (χ2n) is 6.51. The maximum absolute atomic E-state index is 12.1. The van der Waals surface area contributed by atoms with Gasteiger partial charge in [0.15, 0.2) is 0 Å². The average molecular weight is 321 g/mol. The van der Waals surface area contributed by atoms with Crippen LogP contribution in [0.15, 0.2) is 24.3 Å². The highest BCUT2D eigenvalue weighted by Crippen LogP contribution is 2.27. The lowest BCUT2D eigenvalue weighted by atomic mass is 10.00. The van der Waals surface area contributed by atoms with E-state index in [1.165, 1.54) is 0 Å². The molecule has 1 amide bonds. The van der Waals surface area contributed by atoms with Gasteiger partial charge in [0.2, 0.25) is 0 Å². The molecule has 1 aromatic carbocycles. The monoisotopic (exact) mass is 321 g/mol. The van der Waals surface area contributed by atoms with E-state index >= 15 is 0 Å². The van der Waals surface area contributed by atoms with Crippen LogP contribution in [0.1, 0.15) is 49.2 Å². The molecule has 0 spiro atoms. The van der Waals surface area contributed by atoms with Crippen molar-refractivity contribution in [3.63, 3.8) is 0 Å². The fourth-order valence-corrected chi connectivity index (χ4v) is 2.50. The number of ether oxygens (including phenoxy) is 2. The number of hydrogen-bond acceptors (Lipinski definition) is 4. The first-order valence-corrected chi connectivity index (χ1v) is 7.69. The highest BCUT2D eigenvalue weighted by Gasteiger charge is 2.27. The molecular formula is C17H23NO5. The fraction of sp³-hybridized carbons (Fsp3) is 0.529. The van der Waals surface area contributed by atoms with Crippen molar-refractivity contribution in [1.82, 2.24) is 4.90 Å². The second kappa shape index (κ2) is 7.00. The predicted molar refractivity (Wildman–Crippen MR) is 84.5 cm³/mol. The Kier molecular flexibility index (Phi) is 5.26. The van der Waals surface area contributed by atoms with Gasteiger partial charge in [0.1, 0.15) is 5.60 Å². The van der Waals surface area contributed by atoms with Crippen molar-refractivity contribution < 1.29 is 24.2 Å². The number of amides is 1. The highest BCUT2D eigenvalue weighted by atomic mass is 16.6. The number of carboxylic acids is 1. The summed E-state index contributed by atoms with van der Waals surface area (Å²) in [6, 6.07) is 6.81. The molecule has 0 bridgehead atoms. The standard InChI is InChI=1S/C17H23NO5/c1-17(2,3)23-16(21)18-9-8-14(22-11-10-18)12-6-4-5-7-13(12)15(19)20/h4-7,14H,8-11H2,1-3H3,(H,19,20)/t14-/m1/s1. The van der Waals surface area contributed by atoms with E-state index in [4.69, 9.17) is 9.47 Å². The van der Waals surface area contributed by atoms with E-state index in [2.05, 4.69) is 0 Å². The van der Waals surface area contributed by atoms with Gasteiger partial charge in [0.25, 0.3) is 0 Å². The van der Waals surface area contributed by atoms with E-state index in [1.54, 1.807) is 29.2 Å². The molecule has 1 fully saturated rings. The summed E-state index contributed by atoms with van der Waals surface area (Å²) < 4.78 is 11.2. The minimum absolute atomic E-state index is 0.239. The molecule has 1 saturated heterocycles. The predicted octanol–water partition coefficient (Wildman–Crippen LogP) is 3.08. The number of benzene rings is 1. The van der Waals surface area contributed by atoms with Gasteiger partial charge in [-0.3, -0.25) is 0 Å². The van der Waals surface area contributed by atoms with Gasteiger partial charge in [0, 0.05) is 13.1 Å². The van der Waals surface area contributed by atoms with Crippen LogP contribution < -0.4 is 0 Å². The van der Waals surface area contributed by atoms with E-state index in [9.17, 15) is 14.7 Å². The van der Waals surface area contributed by atoms with Gasteiger partial charge >= 0.3 is 12.1 Å². The van der Waals surface area contributed by atoms with Crippen LogP contribution in [-0.4, -0.2) is 47.4 Å². The fourth-order valence-electron chi connectivity index (χ4n) is 2.50. The van der Waals surface area contributed by atoms with Crippen LogP contribution in [0.5, 0.6) is 0 Å². The molecule has 6 nitrogen and oxygen atoms in total. The van der Waals surface area contributed by atoms with E-state index in [0.717, 1.165) is 0 Å². The minimum atomic E-state index is -0.975. The van der Waals surface area contributed by atoms with E-state index in [0.29, 0.717) is 31.7 Å². The zero-order valence-corrected chi connectivity index (χ0v) is 13.7. The number of hydrogen-bond donors (Lipinski definition) is 1. The van der Waals surface area contributed by atoms with Crippen LogP contribution in [0.25, 0.3) is 0 Å². The van der Waals surface area contributed by atoms with Crippen LogP contribution in [0.3, 0.4) is 0 Å². The number of nitrogens with zero attached hydrogens (tertiary/aromatic N) is 1. The summed E-state index contributed by atoms with van der Waals surface area (Å²) in [6.07, 6.45) is -0.174. The molecule has 126 valence electrons. The van der Waals surface area contributed by atoms with Crippen molar-refractivity contribution in [3.8, 4) is 0 Å². The topological polar surface area (TPSA) is 76.1 Å². The van der Waals surface area contributed by atoms with Crippen LogP contribution in [0.2, 0.25) is 0 Å². The molecule has 0 aliphatic carbocycles. The summed E-state index contributed by atoms with van der Waals surface area (Å²) in [7, 11) is 0. The van der Waals surface area contributed by atoms with Gasteiger partial charge in [0.05, 0.1) is 18.3 Å². The number of carbonyl (C=O) groups is 2. The molecule has 23 heavy (non-hydrogen) atoms. The Bertz CT molecular complexity index is 579. The highest BCUT2D eigenvalue weighted by molar-refractivity contribution is 5.89. The molecular weight excluding hydrogens is 298 g/mol. The maximum Gasteiger partial charge on any atom is 0.410 e. The Morgan fingerprint density at radius 3 is 2.61 bits per heavy atom. The first-order valence-electron chi connectivity index (χ1n) is 7.69. The Morgan fingerprint density at radius 1 is 1.26 bits per heavy atom. The molecule has 0 aromatic heterocycles. The lowest BCUT2D eigenvalue weighted by molar-refractivity contribution is 0.0231. The lowest BCUT2D eigenvalue weighted by Gasteiger charge is -2.26. The summed E-state index contributed by atoms with van der Waals surface area (Å²) >= 11 is 0. The smallest absolute Gasteiger partial charge is 0.410 e. The van der Waals surface area contributed by atoms with E-state index < -0.39 is 11.6 Å². The lowest BCUT2D eigenvalue weighted by Crippen LogP contribution is -2.38. The molecule has 0 radical (unpaired) electrons. The quantitative estimate of drug-likeness (QED) is 0.906. The number of carboxylic acid groups (broad SMARTS) is 1. The van der Waals surface area contributed by atoms with Crippen LogP contribution in [0, 0.1) is 0 Å². The van der Waals surface area contributed by atoms with Crippen molar-refractivity contribution >= 4 is 12.1 Å². The largest absolute Gasteiger partial charge is 0.478 e. The van der Waals surface area contributed by atoms with E-state index in [1.807, 2.05) is 20.8 Å². The van der Waals surface area contributed by atoms with Crippen molar-refractivity contribution in [1.29, 1.82) is 0 Å². The first kappa shape index (κ1) is 17.3. The van der Waals surface area contributed by atoms with Crippen molar-refractivity contribution in [2.45, 2.75) is 38.9 Å². The van der Waals surface area contributed by atoms with Gasteiger partial charge in [-0.25, -0.2) is 9.59 Å². The van der Waals surface area contributed by atoms with Gasteiger partial charge < -0.3 is 19.5 Å². The normalized spacial score (nSPS) is 19.1. The third kappa shape index (κ3) is 4.69. The summed E-state index contributed by atoms with van der Waals surface area (Å²) in [6.45, 7) is 6.72. The van der Waals surface area contributed by atoms with Crippen molar-refractivity contribution in [2.75, 3.05) is 19.7 Å². The number of rotatable bonds is 2. The SMILES string of the molecule is CC(C)(C)OC(=O)N1CCO[C@@H](c2ccccc2C(=O)O)CC1. The molecule has 6 heteroatoms. The molecule has 1 atom stereocenters. The summed E-state index contributed by atoms with van der Waals surface area (Å²) in [5.74, 6) is -0.975. The van der Waals surface area contributed by atoms with Crippen molar-refractivity contribution in [3.05, 3.63) is 35.4 Å². The van der Waals surface area contributed by atoms with Gasteiger partial charge in [-0.15, -0.1) is 0 Å².